The SMILES string of the molecule is C.C.Cc1cc(C2CCCCC2)cc(-c2c3ccc(CC4CCCC4)cc3cc(C)[n+]2C)c1C.Cc1ccc(C2CCCCC2)cc1-c1c2ccc(CC3CCCC3)cc2cc(C)[n+]1C.[2H]c1cc2cc(CC3CCCC3)ccc2c(-c2cc(C3CCCC3)cc(C3CCCC3)c2C)[n+]1C.[2H]c1cc2cc(CC3CCCC3)ccc2c(-c2cc(C3CCCCC3)cc(C3CCCCC3)c2C)[n+]1C. The number of aryl methyl sites for hydroxylation is 4. The minimum atomic E-state index is 0. The topological polar surface area (TPSA) is 15.5 Å². The molecule has 135 heavy (non-hydrogen) atoms. The van der Waals surface area contributed by atoms with Crippen molar-refractivity contribution in [1.82, 2.24) is 0 Å². The van der Waals surface area contributed by atoms with Gasteiger partial charge < -0.3 is 0 Å². The van der Waals surface area contributed by atoms with E-state index in [1.54, 1.807) is 33.4 Å². The lowest BCUT2D eigenvalue weighted by molar-refractivity contribution is -0.665. The fraction of sp³-hybridized carbons (Fsp3) is 0.542. The molecule has 0 aliphatic heterocycles. The summed E-state index contributed by atoms with van der Waals surface area (Å²) in [6.07, 6.45) is 66.8. The number of aromatic nitrogens is 4. The van der Waals surface area contributed by atoms with Crippen LogP contribution < -0.4 is 18.3 Å². The second-order valence-electron chi connectivity index (χ2n) is 45.3. The molecule has 4 heterocycles. The predicted octanol–water partition coefficient (Wildman–Crippen LogP) is 35.2. The zero-order valence-electron chi connectivity index (χ0n) is 86.4. The summed E-state index contributed by atoms with van der Waals surface area (Å²) >= 11 is 0. The smallest absolute Gasteiger partial charge is 0.200 e. The molecule has 0 bridgehead atoms. The summed E-state index contributed by atoms with van der Waals surface area (Å²) in [5, 5.41) is 10.7. The second-order valence-corrected chi connectivity index (χ2v) is 45.3. The molecule has 0 radical (unpaired) electrons. The van der Waals surface area contributed by atoms with Crippen LogP contribution >= 0.6 is 0 Å². The first-order chi connectivity index (χ1) is 65.8. The van der Waals surface area contributed by atoms with Crippen molar-refractivity contribution < 1.29 is 21.0 Å². The highest BCUT2D eigenvalue weighted by atomic mass is 15.0. The van der Waals surface area contributed by atoms with E-state index in [1.807, 2.05) is 0 Å². The average Bonchev–Trinajstić information content (AvgIpc) is 0.778. The Morgan fingerprint density at radius 3 is 0.859 bits per heavy atom. The van der Waals surface area contributed by atoms with Gasteiger partial charge in [-0.1, -0.05) is 299 Å². The zero-order valence-corrected chi connectivity index (χ0v) is 84.4. The molecule has 8 aromatic carbocycles. The fourth-order valence-electron chi connectivity index (χ4n) is 28.0. The Balaban J connectivity index is 0.000000126. The van der Waals surface area contributed by atoms with Crippen LogP contribution in [0, 0.1) is 72.1 Å². The standard InChI is InChI=1S/C35H46N.C33H42N.C31H40N.C30H38N.2CH4/c1-25-33(29-15-7-4-8-16-29)23-31(28-13-5-3-6-14-28)24-34(25)35-32-18-17-27(21-26-11-9-10-12-26)22-30(32)19-20-36(35)2;1-23-31(27-13-7-8-14-27)21-29(26-11-5-6-12-26)22-32(23)33-30-16-15-25(19-24-9-3-4-10-24)20-28(30)17-18-34(33)2;1-21-16-27(26-12-6-5-7-13-26)20-30(23(21)3)31-29-15-14-25(18-24-10-8-9-11-24)19-28(29)17-22(2)32(31)4;1-21-13-15-26(25-11-5-4-6-12-25)20-29(21)30-28-16-14-24(18-23-9-7-8-10-23)19-27(28)17-22(2)31(30)3;;/h17-20,22-24,26,28-29H,3-16,21H2,1-2H3;15-18,20-22,24,26-27H,3-14,19H2,1-2H3;14-17,19-20,24,26H,5-13,18H2,1-4H3;13-17,19-20,23,25H,4-12,18H2,1-3H3;2*1H4/q4*+1;;/i20D;18D;;;;. The molecule has 22 rings (SSSR count). The van der Waals surface area contributed by atoms with E-state index in [4.69, 9.17) is 2.74 Å². The average molecular weight is 1810 g/mol. The minimum absolute atomic E-state index is 0. The molecule has 714 valence electrons. The van der Waals surface area contributed by atoms with Gasteiger partial charge in [0.05, 0.1) is 38.2 Å². The summed E-state index contributed by atoms with van der Waals surface area (Å²) in [4.78, 5) is 0. The van der Waals surface area contributed by atoms with Gasteiger partial charge in [-0.15, -0.1) is 0 Å². The Hall–Kier alpha value is -8.60. The first kappa shape index (κ1) is 95.3. The van der Waals surface area contributed by atoms with Crippen LogP contribution in [0.2, 0.25) is 0 Å². The third-order valence-electron chi connectivity index (χ3n) is 36.2. The molecule has 0 unspecified atom stereocenters. The third kappa shape index (κ3) is 22.3. The third-order valence-corrected chi connectivity index (χ3v) is 36.2. The lowest BCUT2D eigenvalue weighted by atomic mass is 9.76. The molecule has 4 aromatic heterocycles. The van der Waals surface area contributed by atoms with E-state index in [0.717, 1.165) is 35.5 Å². The number of benzene rings is 8. The first-order valence-electron chi connectivity index (χ1n) is 56.0. The lowest BCUT2D eigenvalue weighted by Gasteiger charge is -2.28. The molecule has 0 atom stereocenters. The monoisotopic (exact) mass is 1810 g/mol. The van der Waals surface area contributed by atoms with Crippen LogP contribution in [0.1, 0.15) is 430 Å². The summed E-state index contributed by atoms with van der Waals surface area (Å²) in [5.74, 6) is 7.79. The van der Waals surface area contributed by atoms with Gasteiger partial charge in [0.1, 0.15) is 30.9 Å². The zero-order chi connectivity index (χ0) is 92.9. The molecule has 12 aromatic rings. The van der Waals surface area contributed by atoms with E-state index in [9.17, 15) is 0 Å². The quantitative estimate of drug-likeness (QED) is 0.0761. The van der Waals surface area contributed by atoms with Gasteiger partial charge in [-0.25, -0.2) is 9.13 Å². The fourth-order valence-corrected chi connectivity index (χ4v) is 28.0. The van der Waals surface area contributed by atoms with Crippen molar-refractivity contribution in [3.05, 3.63) is 259 Å². The van der Waals surface area contributed by atoms with Gasteiger partial charge in [0, 0.05) is 43.7 Å². The molecule has 10 saturated carbocycles. The van der Waals surface area contributed by atoms with Crippen molar-refractivity contribution in [2.24, 2.45) is 51.9 Å². The van der Waals surface area contributed by atoms with Crippen LogP contribution in [0.25, 0.3) is 88.1 Å². The predicted molar refractivity (Wildman–Crippen MR) is 577 cm³/mol. The number of hydrogen-bond donors (Lipinski definition) is 0. The Kier molecular flexibility index (Phi) is 31.9. The summed E-state index contributed by atoms with van der Waals surface area (Å²) < 4.78 is 26.9. The molecule has 4 heteroatoms. The second kappa shape index (κ2) is 45.1. The molecule has 0 saturated heterocycles. The van der Waals surface area contributed by atoms with E-state index in [-0.39, 0.29) is 14.9 Å². The van der Waals surface area contributed by atoms with Gasteiger partial charge in [-0.3, -0.25) is 0 Å². The highest BCUT2D eigenvalue weighted by Crippen LogP contribution is 2.49. The van der Waals surface area contributed by atoms with Crippen LogP contribution in [-0.2, 0) is 53.9 Å². The maximum absolute atomic E-state index is 8.92. The van der Waals surface area contributed by atoms with E-state index in [2.05, 4.69) is 247 Å². The number of fused-ring (bicyclic) bond motifs is 4. The molecular formula is C131H174N4+4. The lowest BCUT2D eigenvalue weighted by Crippen LogP contribution is -2.35. The number of nitrogens with zero attached hydrogens (tertiary/aromatic N) is 4. The molecule has 10 aliphatic carbocycles. The minimum Gasteiger partial charge on any atom is -0.200 e. The molecule has 10 fully saturated rings. The summed E-state index contributed by atoms with van der Waals surface area (Å²) in [5.41, 5.74) is 36.1. The number of pyridine rings is 4. The van der Waals surface area contributed by atoms with Gasteiger partial charge in [-0.2, -0.15) is 9.13 Å². The molecule has 0 N–H and O–H groups in total. The van der Waals surface area contributed by atoms with Gasteiger partial charge in [0.15, 0.2) is 23.7 Å². The van der Waals surface area contributed by atoms with E-state index >= 15 is 0 Å². The maximum Gasteiger partial charge on any atom is 0.220 e. The first-order valence-corrected chi connectivity index (χ1v) is 55.0. The summed E-state index contributed by atoms with van der Waals surface area (Å²) in [6.45, 7) is 16.2. The Labute approximate surface area is 821 Å². The largest absolute Gasteiger partial charge is 0.220 e. The molecule has 0 spiro atoms. The number of hydrogen-bond acceptors (Lipinski definition) is 0. The van der Waals surface area contributed by atoms with Gasteiger partial charge in [-0.05, 0) is 350 Å². The molecular weight excluding hydrogens is 1630 g/mol. The summed E-state index contributed by atoms with van der Waals surface area (Å²) in [7, 11) is 8.69. The maximum atomic E-state index is 8.92. The highest BCUT2D eigenvalue weighted by molar-refractivity contribution is 5.98. The molecule has 4 nitrogen and oxygen atoms in total. The number of rotatable bonds is 18. The van der Waals surface area contributed by atoms with Crippen molar-refractivity contribution >= 4 is 43.1 Å². The highest BCUT2D eigenvalue weighted by Gasteiger charge is 2.34. The Bertz CT molecular complexity index is 6200. The van der Waals surface area contributed by atoms with Crippen molar-refractivity contribution in [2.45, 2.75) is 407 Å². The van der Waals surface area contributed by atoms with Crippen LogP contribution in [-0.4, -0.2) is 0 Å². The van der Waals surface area contributed by atoms with Gasteiger partial charge in [0.25, 0.3) is 0 Å². The van der Waals surface area contributed by atoms with Crippen molar-refractivity contribution in [2.75, 3.05) is 0 Å². The molecule has 0 amide bonds. The van der Waals surface area contributed by atoms with Crippen LogP contribution in [0.3, 0.4) is 0 Å². The van der Waals surface area contributed by atoms with Gasteiger partial charge in [0.2, 0.25) is 22.8 Å². The normalized spacial score (nSPS) is 19.2. The molecule has 10 aliphatic rings. The van der Waals surface area contributed by atoms with Crippen LogP contribution in [0.4, 0.5) is 0 Å². The van der Waals surface area contributed by atoms with Crippen LogP contribution in [0.5, 0.6) is 0 Å². The van der Waals surface area contributed by atoms with E-state index in [0.29, 0.717) is 36.0 Å². The van der Waals surface area contributed by atoms with E-state index < -0.39 is 0 Å². The Morgan fingerprint density at radius 2 is 0.511 bits per heavy atom. The van der Waals surface area contributed by atoms with Gasteiger partial charge >= 0.3 is 0 Å². The van der Waals surface area contributed by atoms with Crippen molar-refractivity contribution in [3.8, 4) is 45.0 Å². The summed E-state index contributed by atoms with van der Waals surface area (Å²) in [6, 6.07) is 60.4. The van der Waals surface area contributed by atoms with Crippen molar-refractivity contribution in [1.29, 1.82) is 0 Å². The van der Waals surface area contributed by atoms with Crippen LogP contribution in [0.15, 0.2) is 164 Å². The van der Waals surface area contributed by atoms with E-state index in [1.165, 1.54) is 458 Å². The van der Waals surface area contributed by atoms with Crippen molar-refractivity contribution in [3.63, 3.8) is 0 Å². The Morgan fingerprint density at radius 1 is 0.237 bits per heavy atom.